The summed E-state index contributed by atoms with van der Waals surface area (Å²) in [5, 5.41) is 10.0. The topological polar surface area (TPSA) is 83.9 Å². The van der Waals surface area contributed by atoms with Gasteiger partial charge in [0.25, 0.3) is 0 Å². The summed E-state index contributed by atoms with van der Waals surface area (Å²) in [4.78, 5) is 11.5. The molecule has 1 fully saturated rings. The second-order valence-electron chi connectivity index (χ2n) is 5.46. The van der Waals surface area contributed by atoms with Crippen LogP contribution in [0.15, 0.2) is 29.2 Å². The van der Waals surface area contributed by atoms with Crippen LogP contribution in [0.1, 0.15) is 30.1 Å². The molecule has 1 aliphatic rings. The molecule has 1 heterocycles. The molecule has 0 aromatic heterocycles. The first-order valence-electron chi connectivity index (χ1n) is 6.67. The summed E-state index contributed by atoms with van der Waals surface area (Å²) in [5.41, 5.74) is -0.709. The molecule has 7 heteroatoms. The molecule has 116 valence electrons. The van der Waals surface area contributed by atoms with Gasteiger partial charge in [-0.15, -0.1) is 0 Å². The molecule has 0 amide bonds. The molecular weight excluding hydrogens is 294 g/mol. The molecule has 0 bridgehead atoms. The van der Waals surface area contributed by atoms with Crippen LogP contribution in [0.25, 0.3) is 0 Å². The Morgan fingerprint density at radius 2 is 1.95 bits per heavy atom. The summed E-state index contributed by atoms with van der Waals surface area (Å²) >= 11 is 0. The minimum atomic E-state index is -3.66. The third-order valence-electron chi connectivity index (χ3n) is 3.55. The van der Waals surface area contributed by atoms with E-state index in [0.29, 0.717) is 24.9 Å². The number of ether oxygens (including phenoxy) is 1. The number of esters is 1. The zero-order valence-electron chi connectivity index (χ0n) is 12.1. The van der Waals surface area contributed by atoms with Gasteiger partial charge in [-0.05, 0) is 44.0 Å². The normalized spacial score (nSPS) is 23.8. The third kappa shape index (κ3) is 3.42. The van der Waals surface area contributed by atoms with Crippen molar-refractivity contribution in [3.63, 3.8) is 0 Å². The maximum absolute atomic E-state index is 12.5. The van der Waals surface area contributed by atoms with Crippen molar-refractivity contribution in [1.29, 1.82) is 0 Å². The van der Waals surface area contributed by atoms with Crippen LogP contribution in [-0.2, 0) is 14.8 Å². The quantitative estimate of drug-likeness (QED) is 0.842. The lowest BCUT2D eigenvalue weighted by molar-refractivity contribution is 0.00940. The number of nitrogens with zero attached hydrogens (tertiary/aromatic N) is 1. The minimum absolute atomic E-state index is 0.0775. The number of hydrogen-bond donors (Lipinski definition) is 1. The van der Waals surface area contributed by atoms with E-state index in [0.717, 1.165) is 0 Å². The molecule has 1 saturated heterocycles. The van der Waals surface area contributed by atoms with Gasteiger partial charge in [0.2, 0.25) is 10.0 Å². The Hall–Kier alpha value is -1.44. The monoisotopic (exact) mass is 313 g/mol. The molecule has 6 nitrogen and oxygen atoms in total. The van der Waals surface area contributed by atoms with E-state index < -0.39 is 21.6 Å². The summed E-state index contributed by atoms with van der Waals surface area (Å²) in [7, 11) is -2.39. The number of methoxy groups -OCH3 is 1. The SMILES string of the molecule is COC(=O)c1ccc(S(=O)(=O)N2CCCC(C)(O)C2)cc1. The van der Waals surface area contributed by atoms with E-state index in [-0.39, 0.29) is 11.4 Å². The number of aliphatic hydroxyl groups is 1. The number of rotatable bonds is 3. The van der Waals surface area contributed by atoms with Crippen molar-refractivity contribution in [2.75, 3.05) is 20.2 Å². The molecule has 0 spiro atoms. The average Bonchev–Trinajstić information content (AvgIpc) is 2.45. The zero-order valence-corrected chi connectivity index (χ0v) is 12.9. The second-order valence-corrected chi connectivity index (χ2v) is 7.39. The van der Waals surface area contributed by atoms with Gasteiger partial charge in [0.05, 0.1) is 23.2 Å². The van der Waals surface area contributed by atoms with Crippen LogP contribution in [-0.4, -0.2) is 49.6 Å². The Morgan fingerprint density at radius 3 is 2.48 bits per heavy atom. The molecular formula is C14H19NO5S. The van der Waals surface area contributed by atoms with Crippen molar-refractivity contribution in [3.8, 4) is 0 Å². The molecule has 1 atom stereocenters. The predicted octanol–water partition coefficient (Wildman–Crippen LogP) is 1.01. The molecule has 1 aliphatic heterocycles. The van der Waals surface area contributed by atoms with Gasteiger partial charge < -0.3 is 9.84 Å². The fourth-order valence-electron chi connectivity index (χ4n) is 2.41. The number of sulfonamides is 1. The Labute approximate surface area is 124 Å². The first-order chi connectivity index (χ1) is 9.76. The molecule has 0 saturated carbocycles. The largest absolute Gasteiger partial charge is 0.465 e. The van der Waals surface area contributed by atoms with Gasteiger partial charge in [0.15, 0.2) is 0 Å². The average molecular weight is 313 g/mol. The molecule has 1 unspecified atom stereocenters. The van der Waals surface area contributed by atoms with Crippen LogP contribution >= 0.6 is 0 Å². The van der Waals surface area contributed by atoms with Gasteiger partial charge in [0, 0.05) is 13.1 Å². The van der Waals surface area contributed by atoms with E-state index in [9.17, 15) is 18.3 Å². The van der Waals surface area contributed by atoms with Crippen LogP contribution in [0.2, 0.25) is 0 Å². The van der Waals surface area contributed by atoms with Crippen LogP contribution in [0.5, 0.6) is 0 Å². The minimum Gasteiger partial charge on any atom is -0.465 e. The van der Waals surface area contributed by atoms with Crippen molar-refractivity contribution in [1.82, 2.24) is 4.31 Å². The standard InChI is InChI=1S/C14H19NO5S/c1-14(17)8-3-9-15(10-14)21(18,19)12-6-4-11(5-7-12)13(16)20-2/h4-7,17H,3,8-10H2,1-2H3. The predicted molar refractivity (Wildman–Crippen MR) is 76.4 cm³/mol. The van der Waals surface area contributed by atoms with Gasteiger partial charge in [-0.2, -0.15) is 4.31 Å². The molecule has 0 radical (unpaired) electrons. The van der Waals surface area contributed by atoms with E-state index >= 15 is 0 Å². The third-order valence-corrected chi connectivity index (χ3v) is 5.41. The van der Waals surface area contributed by atoms with E-state index in [1.54, 1.807) is 6.92 Å². The van der Waals surface area contributed by atoms with E-state index in [1.807, 2.05) is 0 Å². The summed E-state index contributed by atoms with van der Waals surface area (Å²) in [6.45, 7) is 2.10. The fourth-order valence-corrected chi connectivity index (χ4v) is 4.01. The van der Waals surface area contributed by atoms with Crippen molar-refractivity contribution >= 4 is 16.0 Å². The first-order valence-corrected chi connectivity index (χ1v) is 8.11. The summed E-state index contributed by atoms with van der Waals surface area (Å²) in [6.07, 6.45) is 1.20. The number of piperidine rings is 1. The number of carbonyl (C=O) groups excluding carboxylic acids is 1. The number of carbonyl (C=O) groups is 1. The summed E-state index contributed by atoms with van der Waals surface area (Å²) in [6, 6.07) is 5.59. The van der Waals surface area contributed by atoms with Crippen molar-refractivity contribution in [2.24, 2.45) is 0 Å². The van der Waals surface area contributed by atoms with Crippen molar-refractivity contribution in [3.05, 3.63) is 29.8 Å². The molecule has 21 heavy (non-hydrogen) atoms. The Morgan fingerprint density at radius 1 is 1.33 bits per heavy atom. The van der Waals surface area contributed by atoms with E-state index in [1.165, 1.54) is 35.7 Å². The van der Waals surface area contributed by atoms with Gasteiger partial charge in [-0.3, -0.25) is 0 Å². The summed E-state index contributed by atoms with van der Waals surface area (Å²) < 4.78 is 30.9. The smallest absolute Gasteiger partial charge is 0.337 e. The fraction of sp³-hybridized carbons (Fsp3) is 0.500. The van der Waals surface area contributed by atoms with Gasteiger partial charge in [-0.1, -0.05) is 0 Å². The highest BCUT2D eigenvalue weighted by Gasteiger charge is 2.35. The highest BCUT2D eigenvalue weighted by molar-refractivity contribution is 7.89. The van der Waals surface area contributed by atoms with Crippen molar-refractivity contribution < 1.29 is 23.1 Å². The van der Waals surface area contributed by atoms with E-state index in [4.69, 9.17) is 0 Å². The lowest BCUT2D eigenvalue weighted by Crippen LogP contribution is -2.48. The lowest BCUT2D eigenvalue weighted by atomic mass is 9.97. The summed E-state index contributed by atoms with van der Waals surface area (Å²) in [5.74, 6) is -0.514. The van der Waals surface area contributed by atoms with Gasteiger partial charge in [0.1, 0.15) is 0 Å². The number of β-amino-alcohol motifs (C(OH)–C–C–N with tert-alkyl or cyclic N) is 1. The molecule has 1 aromatic rings. The first kappa shape index (κ1) is 15.9. The Bertz CT molecular complexity index is 621. The van der Waals surface area contributed by atoms with Crippen LogP contribution in [0.4, 0.5) is 0 Å². The van der Waals surface area contributed by atoms with Gasteiger partial charge in [-0.25, -0.2) is 13.2 Å². The highest BCUT2D eigenvalue weighted by atomic mass is 32.2. The molecule has 1 aromatic carbocycles. The number of benzene rings is 1. The molecule has 2 rings (SSSR count). The Balaban J connectivity index is 2.25. The molecule has 1 N–H and O–H groups in total. The number of hydrogen-bond acceptors (Lipinski definition) is 5. The van der Waals surface area contributed by atoms with Crippen molar-refractivity contribution in [2.45, 2.75) is 30.3 Å². The van der Waals surface area contributed by atoms with Crippen LogP contribution in [0.3, 0.4) is 0 Å². The molecule has 0 aliphatic carbocycles. The second kappa shape index (κ2) is 5.75. The zero-order chi connectivity index (χ0) is 15.7. The lowest BCUT2D eigenvalue weighted by Gasteiger charge is -2.35. The Kier molecular flexibility index (Phi) is 4.36. The highest BCUT2D eigenvalue weighted by Crippen LogP contribution is 2.26. The van der Waals surface area contributed by atoms with E-state index in [2.05, 4.69) is 4.74 Å². The maximum atomic E-state index is 12.5. The van der Waals surface area contributed by atoms with Gasteiger partial charge >= 0.3 is 5.97 Å². The van der Waals surface area contributed by atoms with Crippen LogP contribution < -0.4 is 0 Å². The van der Waals surface area contributed by atoms with Crippen LogP contribution in [0, 0.1) is 0 Å². The maximum Gasteiger partial charge on any atom is 0.337 e.